The third-order valence-corrected chi connectivity index (χ3v) is 26.1. The van der Waals surface area contributed by atoms with E-state index in [1.54, 1.807) is 0 Å². The molecule has 139 heavy (non-hydrogen) atoms. The van der Waals surface area contributed by atoms with Gasteiger partial charge in [-0.05, 0) is 195 Å². The number of pyridine rings is 2. The Hall–Kier alpha value is -13.5. The van der Waals surface area contributed by atoms with Gasteiger partial charge in [0, 0.05) is 118 Å². The van der Waals surface area contributed by atoms with Crippen LogP contribution in [0, 0.1) is 18.8 Å². The van der Waals surface area contributed by atoms with Crippen LogP contribution in [-0.2, 0) is 64.4 Å². The Bertz CT molecular complexity index is 8170. The molecular formula is C128H129N8O2Pt-3. The third kappa shape index (κ3) is 18.6. The average molecular weight is 2030 g/mol. The van der Waals surface area contributed by atoms with Gasteiger partial charge in [-0.3, -0.25) is 4.57 Å². The van der Waals surface area contributed by atoms with Crippen LogP contribution >= 0.6 is 0 Å². The van der Waals surface area contributed by atoms with E-state index in [9.17, 15) is 11.0 Å². The number of hydrogen-bond acceptors (Lipinski definition) is 8. The summed E-state index contributed by atoms with van der Waals surface area (Å²) in [6, 6.07) is 61.8. The van der Waals surface area contributed by atoms with Gasteiger partial charge >= 0.3 is 0 Å². The zero-order chi connectivity index (χ0) is 115. The standard InChI is InChI=1S/C64H66N4O.C64H63N4O.Pt/c2*1-61(2,3)44-33-34-65-57(37-44)68-53-28-20-19-27-49(53)50-32-31-47(39-56(50)68)69-48-36-45(62(4,5)6)35-46(38-48)66-41-67(55-30-22-21-29-54(55)66)60-58(42-23-15-13-16-24-42)51(63(7,8)9)40-52(64(10,11)12)59(60)43-25-17-14-18-26-43;/h13-40H,41H2,1-12H3;13-37,40-41H,1-12H3;/q;-3;/i2*13D,14D,15D,16D,17D,18D,23D,24D,25D,26D;. The second kappa shape index (κ2) is 36.4. The quantitative estimate of drug-likeness (QED) is 0.0998. The first-order chi connectivity index (χ1) is 73.8. The van der Waals surface area contributed by atoms with Gasteiger partial charge in [0.2, 0.25) is 0 Å². The molecule has 14 aromatic carbocycles. The number of hydrogen-bond donors (Lipinski definition) is 0. The Morgan fingerprint density at radius 3 is 1.19 bits per heavy atom. The molecule has 11 heteroatoms. The summed E-state index contributed by atoms with van der Waals surface area (Å²) in [7, 11) is 0. The van der Waals surface area contributed by atoms with Gasteiger partial charge in [0.05, 0.1) is 55.5 Å². The molecule has 0 unspecified atom stereocenters. The molecule has 10 nitrogen and oxygen atoms in total. The molecule has 0 N–H and O–H groups in total. The molecule has 6 heterocycles. The van der Waals surface area contributed by atoms with Gasteiger partial charge in [0.1, 0.15) is 29.8 Å². The van der Waals surface area contributed by atoms with Crippen LogP contribution in [-0.4, -0.2) is 25.8 Å². The number of para-hydroxylation sites is 6. The summed E-state index contributed by atoms with van der Waals surface area (Å²) in [6.45, 7) is 51.8. The van der Waals surface area contributed by atoms with Crippen molar-refractivity contribution >= 4 is 89.1 Å². The fraction of sp³-hybridized carbons (Fsp3) is 0.258. The maximum atomic E-state index is 9.57. The summed E-state index contributed by atoms with van der Waals surface area (Å²) >= 11 is 0. The van der Waals surface area contributed by atoms with Crippen molar-refractivity contribution in [2.24, 2.45) is 0 Å². The van der Waals surface area contributed by atoms with E-state index >= 15 is 0 Å². The minimum atomic E-state index is -0.757. The predicted molar refractivity (Wildman–Crippen MR) is 583 cm³/mol. The molecule has 20 rings (SSSR count). The second-order valence-electron chi connectivity index (χ2n) is 44.3. The maximum absolute atomic E-state index is 9.57. The van der Waals surface area contributed by atoms with E-state index in [-0.39, 0.29) is 83.0 Å². The fourth-order valence-electron chi connectivity index (χ4n) is 18.9. The van der Waals surface area contributed by atoms with Gasteiger partial charge in [-0.1, -0.05) is 365 Å². The van der Waals surface area contributed by atoms with Crippen LogP contribution < -0.4 is 29.1 Å². The first kappa shape index (κ1) is 73.6. The molecule has 0 saturated carbocycles. The summed E-state index contributed by atoms with van der Waals surface area (Å²) < 4.78 is 201. The monoisotopic (exact) mass is 2030 g/mol. The van der Waals surface area contributed by atoms with E-state index in [1.807, 2.05) is 244 Å². The van der Waals surface area contributed by atoms with Crippen LogP contribution in [0.4, 0.5) is 45.5 Å². The summed E-state index contributed by atoms with van der Waals surface area (Å²) in [4.78, 5) is 17.7. The van der Waals surface area contributed by atoms with Crippen molar-refractivity contribution in [2.45, 2.75) is 209 Å². The largest absolute Gasteiger partial charge is 0.509 e. The van der Waals surface area contributed by atoms with Crippen LogP contribution in [0.1, 0.15) is 238 Å². The molecule has 0 atom stereocenters. The minimum absolute atomic E-state index is 0. The van der Waals surface area contributed by atoms with E-state index in [1.165, 1.54) is 0 Å². The third-order valence-electron chi connectivity index (χ3n) is 26.1. The number of benzene rings is 14. The molecule has 0 saturated heterocycles. The van der Waals surface area contributed by atoms with E-state index in [2.05, 4.69) is 176 Å². The van der Waals surface area contributed by atoms with Gasteiger partial charge in [-0.2, -0.15) is 6.07 Å². The van der Waals surface area contributed by atoms with Crippen molar-refractivity contribution in [3.8, 4) is 79.1 Å². The molecule has 706 valence electrons. The van der Waals surface area contributed by atoms with E-state index < -0.39 is 148 Å². The molecule has 0 radical (unpaired) electrons. The molecule has 4 aromatic heterocycles. The molecule has 0 fully saturated rings. The molecule has 18 aromatic rings. The normalized spacial score (nSPS) is 15.3. The van der Waals surface area contributed by atoms with Crippen LogP contribution in [0.2, 0.25) is 0 Å². The van der Waals surface area contributed by atoms with Crippen molar-refractivity contribution in [3.63, 3.8) is 0 Å². The van der Waals surface area contributed by atoms with Crippen LogP contribution in [0.3, 0.4) is 0 Å². The minimum Gasteiger partial charge on any atom is -0.509 e. The number of aromatic nitrogens is 4. The summed E-state index contributed by atoms with van der Waals surface area (Å²) in [6.07, 6.45) is 3.71. The van der Waals surface area contributed by atoms with Crippen molar-refractivity contribution in [2.75, 3.05) is 26.3 Å². The van der Waals surface area contributed by atoms with E-state index in [0.29, 0.717) is 84.8 Å². The second-order valence-corrected chi connectivity index (χ2v) is 44.3. The first-order valence-corrected chi connectivity index (χ1v) is 47.2. The zero-order valence-corrected chi connectivity index (χ0v) is 85.9. The zero-order valence-electron chi connectivity index (χ0n) is 104. The molecule has 2 aliphatic rings. The summed E-state index contributed by atoms with van der Waals surface area (Å²) in [5.41, 5.74) is 12.0. The van der Waals surface area contributed by atoms with Crippen LogP contribution in [0.15, 0.2) is 327 Å². The molecular weight excluding hydrogens is 1880 g/mol. The summed E-state index contributed by atoms with van der Waals surface area (Å²) in [5.74, 6) is 3.61. The first-order valence-electron chi connectivity index (χ1n) is 57.2. The number of nitrogens with zero attached hydrogens (tertiary/aromatic N) is 8. The Morgan fingerprint density at radius 2 is 0.712 bits per heavy atom. The fourth-order valence-corrected chi connectivity index (χ4v) is 18.9. The molecule has 2 aliphatic heterocycles. The van der Waals surface area contributed by atoms with Gasteiger partial charge in [-0.25, -0.2) is 9.97 Å². The van der Waals surface area contributed by atoms with Gasteiger partial charge in [-0.15, -0.1) is 53.6 Å². The SMILES string of the molecule is [2H]c1c([2H])c([2H])c(-c2c(C(C)(C)C)cc(C(C)(C)C)c(-c3c([2H])c([2H])c([2H])c([2H])c3[2H])c2N2CN(c3cc(Oc4ccc5c6ccccc6n(-c6cc(C(C)(C)C)ccn6)c5c4)cc(C(C)(C)C)c3)c3ccccc32)c([2H])c1[2H].[2H]c1c([2H])c([2H])c(-c2c(C(C)(C)C)cc(C(C)(C)C)c(-c3c([2H])c([2H])c([2H])c([2H])c3[2H])c2N2[CH-]N(c3[c-]c(Oc4[c-]c5c(cc4)c4ccccc4n5-c4cc(C(C)(C)C)ccn4)cc(C(C)(C)C)c3)c3ccccc32)c([2H])c1[2H].[Pt]. The van der Waals surface area contributed by atoms with E-state index in [0.717, 1.165) is 88.9 Å². The van der Waals surface area contributed by atoms with Gasteiger partial charge in [0.15, 0.2) is 0 Å². The number of ether oxygens (including phenoxy) is 2. The average Bonchev–Trinajstić information content (AvgIpc) is 1.59. The predicted octanol–water partition coefficient (Wildman–Crippen LogP) is 35.2. The van der Waals surface area contributed by atoms with Crippen LogP contribution in [0.5, 0.6) is 23.0 Å². The Balaban J connectivity index is 0.000000204. The number of rotatable bonds is 14. The van der Waals surface area contributed by atoms with Crippen molar-refractivity contribution in [3.05, 3.63) is 391 Å². The maximum Gasteiger partial charge on any atom is 0.137 e. The Morgan fingerprint density at radius 1 is 0.309 bits per heavy atom. The molecule has 0 amide bonds. The molecule has 0 spiro atoms. The number of anilines is 8. The van der Waals surface area contributed by atoms with Crippen molar-refractivity contribution in [1.29, 1.82) is 0 Å². The van der Waals surface area contributed by atoms with Crippen molar-refractivity contribution < 1.29 is 58.0 Å². The Labute approximate surface area is 866 Å². The summed E-state index contributed by atoms with van der Waals surface area (Å²) in [5, 5.41) is 4.18. The van der Waals surface area contributed by atoms with Gasteiger partial charge < -0.3 is 33.6 Å². The molecule has 0 bridgehead atoms. The van der Waals surface area contributed by atoms with Gasteiger partial charge in [0.25, 0.3) is 0 Å². The van der Waals surface area contributed by atoms with Crippen LogP contribution in [0.25, 0.3) is 99.8 Å². The number of fused-ring (bicyclic) bond motifs is 8. The van der Waals surface area contributed by atoms with E-state index in [4.69, 9.17) is 35.9 Å². The molecule has 0 aliphatic carbocycles. The van der Waals surface area contributed by atoms with Crippen molar-refractivity contribution in [1.82, 2.24) is 19.1 Å². The Kier molecular flexibility index (Phi) is 19.3. The topological polar surface area (TPSA) is 67.1 Å². The smallest absolute Gasteiger partial charge is 0.137 e.